The third-order valence-electron chi connectivity index (χ3n) is 4.87. The molecule has 5 nitrogen and oxygen atoms in total. The average Bonchev–Trinajstić information content (AvgIpc) is 2.83. The lowest BCUT2D eigenvalue weighted by atomic mass is 10.1. The largest absolute Gasteiger partial charge is 0.489 e. The van der Waals surface area contributed by atoms with E-state index in [2.05, 4.69) is 5.32 Å². The van der Waals surface area contributed by atoms with Crippen LogP contribution in [0.2, 0.25) is 0 Å². The molecule has 0 bridgehead atoms. The van der Waals surface area contributed by atoms with Gasteiger partial charge in [0.15, 0.2) is 0 Å². The number of hydrogen-bond acceptors (Lipinski definition) is 4. The highest BCUT2D eigenvalue weighted by Gasteiger charge is 2.07. The maximum Gasteiger partial charge on any atom is 0.251 e. The molecule has 0 fully saturated rings. The van der Waals surface area contributed by atoms with Crippen LogP contribution in [0.15, 0.2) is 97.1 Å². The quantitative estimate of drug-likeness (QED) is 0.343. The summed E-state index contributed by atoms with van der Waals surface area (Å²) in [6, 6.07) is 27.7. The van der Waals surface area contributed by atoms with Crippen LogP contribution in [-0.4, -0.2) is 5.91 Å². The lowest BCUT2D eigenvalue weighted by molar-refractivity contribution is 0.0951. The summed E-state index contributed by atoms with van der Waals surface area (Å²) in [5.41, 5.74) is 8.65. The average molecular weight is 442 g/mol. The van der Waals surface area contributed by atoms with Crippen LogP contribution >= 0.6 is 0 Å². The Morgan fingerprint density at radius 2 is 1.42 bits per heavy atom. The second kappa shape index (κ2) is 10.3. The molecule has 6 heteroatoms. The first-order chi connectivity index (χ1) is 16.0. The Balaban J connectivity index is 1.28. The topological polar surface area (TPSA) is 73.6 Å². The number of benzene rings is 4. The van der Waals surface area contributed by atoms with Crippen molar-refractivity contribution in [3.05, 3.63) is 120 Å². The summed E-state index contributed by atoms with van der Waals surface area (Å²) in [7, 11) is 0. The number of carbonyl (C=O) groups excluding carboxylic acids is 1. The summed E-state index contributed by atoms with van der Waals surface area (Å²) >= 11 is 0. The van der Waals surface area contributed by atoms with E-state index in [0.717, 1.165) is 11.1 Å². The van der Waals surface area contributed by atoms with E-state index >= 15 is 0 Å². The van der Waals surface area contributed by atoms with Crippen LogP contribution in [0.3, 0.4) is 0 Å². The maximum atomic E-state index is 13.2. The highest BCUT2D eigenvalue weighted by Crippen LogP contribution is 2.24. The third kappa shape index (κ3) is 6.33. The van der Waals surface area contributed by atoms with Gasteiger partial charge in [0.05, 0.1) is 0 Å². The van der Waals surface area contributed by atoms with E-state index in [9.17, 15) is 9.18 Å². The van der Waals surface area contributed by atoms with E-state index in [1.54, 1.807) is 60.7 Å². The summed E-state index contributed by atoms with van der Waals surface area (Å²) in [6.07, 6.45) is 0. The number of amides is 1. The number of nitrogens with two attached hydrogens (primary N) is 1. The van der Waals surface area contributed by atoms with Crippen molar-refractivity contribution in [2.75, 3.05) is 5.73 Å². The minimum Gasteiger partial charge on any atom is -0.489 e. The number of carbonyl (C=O) groups is 1. The minimum absolute atomic E-state index is 0.177. The first-order valence-corrected chi connectivity index (χ1v) is 10.4. The van der Waals surface area contributed by atoms with Gasteiger partial charge in [0.25, 0.3) is 5.91 Å². The summed E-state index contributed by atoms with van der Waals surface area (Å²) in [5.74, 6) is 1.43. The molecular formula is C27H23FN2O3. The normalized spacial score (nSPS) is 10.5. The molecule has 1 amide bonds. The first-order valence-electron chi connectivity index (χ1n) is 10.4. The van der Waals surface area contributed by atoms with Crippen molar-refractivity contribution in [2.45, 2.75) is 13.2 Å². The van der Waals surface area contributed by atoms with Gasteiger partial charge in [-0.1, -0.05) is 24.3 Å². The van der Waals surface area contributed by atoms with Crippen molar-refractivity contribution >= 4 is 11.6 Å². The Morgan fingerprint density at radius 3 is 2.12 bits per heavy atom. The van der Waals surface area contributed by atoms with Gasteiger partial charge in [0.1, 0.15) is 29.7 Å². The third-order valence-corrected chi connectivity index (χ3v) is 4.87. The number of rotatable bonds is 8. The molecule has 4 aromatic rings. The zero-order valence-corrected chi connectivity index (χ0v) is 17.8. The fraction of sp³-hybridized carbons (Fsp3) is 0.0741. The Hall–Kier alpha value is -4.32. The second-order valence-corrected chi connectivity index (χ2v) is 7.44. The molecule has 0 aliphatic rings. The molecule has 33 heavy (non-hydrogen) atoms. The van der Waals surface area contributed by atoms with Gasteiger partial charge >= 0.3 is 0 Å². The monoisotopic (exact) mass is 442 g/mol. The van der Waals surface area contributed by atoms with Gasteiger partial charge in [0, 0.05) is 17.8 Å². The molecule has 0 aliphatic carbocycles. The van der Waals surface area contributed by atoms with E-state index in [1.807, 2.05) is 24.3 Å². The van der Waals surface area contributed by atoms with E-state index in [4.69, 9.17) is 15.2 Å². The highest BCUT2D eigenvalue weighted by molar-refractivity contribution is 5.94. The maximum absolute atomic E-state index is 13.2. The number of hydrogen-bond donors (Lipinski definition) is 2. The van der Waals surface area contributed by atoms with Gasteiger partial charge < -0.3 is 20.5 Å². The molecule has 0 saturated carbocycles. The lowest BCUT2D eigenvalue weighted by Crippen LogP contribution is -2.22. The molecule has 0 heterocycles. The van der Waals surface area contributed by atoms with E-state index in [1.165, 1.54) is 12.1 Å². The highest BCUT2D eigenvalue weighted by atomic mass is 19.1. The van der Waals surface area contributed by atoms with Crippen LogP contribution in [0.4, 0.5) is 10.1 Å². The minimum atomic E-state index is -0.287. The second-order valence-electron chi connectivity index (χ2n) is 7.44. The van der Waals surface area contributed by atoms with Crippen molar-refractivity contribution < 1.29 is 18.7 Å². The Bertz CT molecular complexity index is 1220. The molecule has 3 N–H and O–H groups in total. The molecule has 0 atom stereocenters. The number of ether oxygens (including phenoxy) is 2. The molecule has 0 saturated heterocycles. The van der Waals surface area contributed by atoms with Crippen LogP contribution in [0.25, 0.3) is 0 Å². The Kier molecular flexibility index (Phi) is 6.85. The van der Waals surface area contributed by atoms with Gasteiger partial charge in [0.2, 0.25) is 0 Å². The molecule has 4 rings (SSSR count). The fourth-order valence-corrected chi connectivity index (χ4v) is 3.20. The predicted octanol–water partition coefficient (Wildman–Crippen LogP) is 5.71. The van der Waals surface area contributed by atoms with Crippen LogP contribution < -0.4 is 20.5 Å². The molecule has 0 aliphatic heterocycles. The number of nitrogens with one attached hydrogen (secondary N) is 1. The smallest absolute Gasteiger partial charge is 0.251 e. The fourth-order valence-electron chi connectivity index (χ4n) is 3.20. The van der Waals surface area contributed by atoms with Crippen LogP contribution in [-0.2, 0) is 13.2 Å². The van der Waals surface area contributed by atoms with Crippen molar-refractivity contribution in [3.63, 3.8) is 0 Å². The number of anilines is 1. The molecule has 4 aromatic carbocycles. The zero-order chi connectivity index (χ0) is 23.0. The van der Waals surface area contributed by atoms with Gasteiger partial charge in [-0.3, -0.25) is 4.79 Å². The summed E-state index contributed by atoms with van der Waals surface area (Å²) in [4.78, 5) is 12.4. The molecule has 166 valence electrons. The summed E-state index contributed by atoms with van der Waals surface area (Å²) in [6.45, 7) is 0.676. The van der Waals surface area contributed by atoms with E-state index in [0.29, 0.717) is 35.0 Å². The van der Waals surface area contributed by atoms with Crippen molar-refractivity contribution in [3.8, 4) is 17.2 Å². The molecular weight excluding hydrogens is 419 g/mol. The van der Waals surface area contributed by atoms with Crippen LogP contribution in [0.1, 0.15) is 21.5 Å². The van der Waals surface area contributed by atoms with Gasteiger partial charge in [-0.25, -0.2) is 4.39 Å². The zero-order valence-electron chi connectivity index (χ0n) is 17.8. The predicted molar refractivity (Wildman–Crippen MR) is 126 cm³/mol. The Labute approximate surface area is 191 Å². The molecule has 0 radical (unpaired) electrons. The van der Waals surface area contributed by atoms with Gasteiger partial charge in [-0.15, -0.1) is 0 Å². The van der Waals surface area contributed by atoms with Gasteiger partial charge in [-0.2, -0.15) is 0 Å². The summed E-state index contributed by atoms with van der Waals surface area (Å²) < 4.78 is 24.8. The van der Waals surface area contributed by atoms with Crippen molar-refractivity contribution in [1.29, 1.82) is 0 Å². The molecule has 0 spiro atoms. The number of nitrogen functional groups attached to an aromatic ring is 1. The lowest BCUT2D eigenvalue weighted by Gasteiger charge is -2.10. The summed E-state index contributed by atoms with van der Waals surface area (Å²) in [5, 5.41) is 2.87. The van der Waals surface area contributed by atoms with Crippen LogP contribution in [0, 0.1) is 5.82 Å². The SMILES string of the molecule is Nc1cccc(CNC(=O)c2ccc(Oc3ccc(OCc4cccc(F)c4)cc3)cc2)c1. The van der Waals surface area contributed by atoms with Crippen molar-refractivity contribution in [2.24, 2.45) is 0 Å². The number of halogens is 1. The van der Waals surface area contributed by atoms with E-state index < -0.39 is 0 Å². The molecule has 0 unspecified atom stereocenters. The first kappa shape index (κ1) is 21.9. The van der Waals surface area contributed by atoms with Crippen molar-refractivity contribution in [1.82, 2.24) is 5.32 Å². The Morgan fingerprint density at radius 1 is 0.788 bits per heavy atom. The standard InChI is InChI=1S/C27H23FN2O3/c28-22-5-1-4-20(15-22)18-32-24-11-13-26(14-12-24)33-25-9-7-21(8-10-25)27(31)30-17-19-3-2-6-23(29)16-19/h1-16H,17-18,29H2,(H,30,31). The van der Waals surface area contributed by atoms with Gasteiger partial charge in [-0.05, 0) is 83.9 Å². The molecule has 0 aromatic heterocycles. The van der Waals surface area contributed by atoms with E-state index in [-0.39, 0.29) is 18.3 Å². The van der Waals surface area contributed by atoms with Crippen LogP contribution in [0.5, 0.6) is 17.2 Å².